The maximum atomic E-state index is 12.5. The molecule has 8 nitrogen and oxygen atoms in total. The van der Waals surface area contributed by atoms with Crippen molar-refractivity contribution in [2.75, 3.05) is 25.4 Å². The number of benzene rings is 1. The normalized spacial score (nSPS) is 20.8. The topological polar surface area (TPSA) is 116 Å². The summed E-state index contributed by atoms with van der Waals surface area (Å²) < 4.78 is 31.5. The maximum Gasteiger partial charge on any atom is 0.270 e. The van der Waals surface area contributed by atoms with Crippen LogP contribution in [-0.4, -0.2) is 43.4 Å². The molecule has 9 heteroatoms. The monoisotopic (exact) mass is 301 g/mol. The third-order valence-electron chi connectivity index (χ3n) is 3.03. The summed E-state index contributed by atoms with van der Waals surface area (Å²) in [6, 6.07) is 3.40. The average Bonchev–Trinajstić information content (AvgIpc) is 2.38. The zero-order valence-corrected chi connectivity index (χ0v) is 11.7. The maximum absolute atomic E-state index is 12.5. The van der Waals surface area contributed by atoms with Crippen LogP contribution in [0.2, 0.25) is 0 Å². The molecule has 0 aliphatic carbocycles. The summed E-state index contributed by atoms with van der Waals surface area (Å²) in [7, 11) is -3.86. The lowest BCUT2D eigenvalue weighted by Gasteiger charge is -2.30. The second-order valence-electron chi connectivity index (χ2n) is 4.52. The lowest BCUT2D eigenvalue weighted by molar-refractivity contribution is -0.385. The number of hydrogen-bond donors (Lipinski definition) is 1. The van der Waals surface area contributed by atoms with Crippen LogP contribution in [0.4, 0.5) is 11.4 Å². The van der Waals surface area contributed by atoms with Gasteiger partial charge in [0.15, 0.2) is 0 Å². The Hall–Kier alpha value is -1.71. The van der Waals surface area contributed by atoms with Crippen molar-refractivity contribution in [3.05, 3.63) is 28.3 Å². The highest BCUT2D eigenvalue weighted by atomic mass is 32.2. The molecule has 0 spiro atoms. The molecule has 1 atom stereocenters. The van der Waals surface area contributed by atoms with Gasteiger partial charge in [-0.15, -0.1) is 0 Å². The molecule has 0 bridgehead atoms. The van der Waals surface area contributed by atoms with Gasteiger partial charge in [0, 0.05) is 25.2 Å². The van der Waals surface area contributed by atoms with E-state index in [1.165, 1.54) is 16.4 Å². The molecule has 1 aromatic rings. The number of nitro benzene ring substituents is 1. The molecule has 20 heavy (non-hydrogen) atoms. The summed E-state index contributed by atoms with van der Waals surface area (Å²) >= 11 is 0. The number of rotatable bonds is 3. The van der Waals surface area contributed by atoms with E-state index < -0.39 is 14.9 Å². The number of nitro groups is 1. The summed E-state index contributed by atoms with van der Waals surface area (Å²) in [5.41, 5.74) is 5.35. The lowest BCUT2D eigenvalue weighted by atomic mass is 10.3. The Labute approximate surface area is 116 Å². The van der Waals surface area contributed by atoms with Crippen LogP contribution in [0.1, 0.15) is 6.92 Å². The summed E-state index contributed by atoms with van der Waals surface area (Å²) in [6.45, 7) is 2.45. The largest absolute Gasteiger partial charge is 0.398 e. The first-order valence-electron chi connectivity index (χ1n) is 5.98. The Morgan fingerprint density at radius 3 is 2.80 bits per heavy atom. The van der Waals surface area contributed by atoms with E-state index in [4.69, 9.17) is 10.5 Å². The summed E-state index contributed by atoms with van der Waals surface area (Å²) in [5.74, 6) is 0. The summed E-state index contributed by atoms with van der Waals surface area (Å²) in [5, 5.41) is 10.8. The Kier molecular flexibility index (Phi) is 3.93. The van der Waals surface area contributed by atoms with Crippen molar-refractivity contribution in [1.29, 1.82) is 0 Å². The van der Waals surface area contributed by atoms with Crippen molar-refractivity contribution < 1.29 is 18.1 Å². The average molecular weight is 301 g/mol. The highest BCUT2D eigenvalue weighted by Gasteiger charge is 2.31. The van der Waals surface area contributed by atoms with Crippen molar-refractivity contribution >= 4 is 21.4 Å². The third kappa shape index (κ3) is 2.74. The van der Waals surface area contributed by atoms with E-state index in [1.807, 2.05) is 0 Å². The van der Waals surface area contributed by atoms with E-state index in [0.29, 0.717) is 0 Å². The highest BCUT2D eigenvalue weighted by molar-refractivity contribution is 7.89. The molecule has 2 N–H and O–H groups in total. The van der Waals surface area contributed by atoms with Crippen LogP contribution in [0.3, 0.4) is 0 Å². The molecule has 1 heterocycles. The predicted octanol–water partition coefficient (Wildman–Crippen LogP) is 0.586. The molecule has 1 aromatic carbocycles. The molecule has 1 unspecified atom stereocenters. The van der Waals surface area contributed by atoms with Crippen molar-refractivity contribution in [3.8, 4) is 0 Å². The van der Waals surface area contributed by atoms with E-state index in [0.717, 1.165) is 6.07 Å². The van der Waals surface area contributed by atoms with Crippen LogP contribution in [0, 0.1) is 10.1 Å². The van der Waals surface area contributed by atoms with Crippen LogP contribution in [0.15, 0.2) is 23.1 Å². The SMILES string of the molecule is CC1CN(S(=O)(=O)c2cc([N+](=O)[O-])ccc2N)CCO1. The van der Waals surface area contributed by atoms with Crippen molar-refractivity contribution in [1.82, 2.24) is 4.31 Å². The molecule has 0 aromatic heterocycles. The molecule has 2 rings (SSSR count). The molecule has 0 amide bonds. The summed E-state index contributed by atoms with van der Waals surface area (Å²) in [6.07, 6.45) is -0.224. The summed E-state index contributed by atoms with van der Waals surface area (Å²) in [4.78, 5) is 9.87. The van der Waals surface area contributed by atoms with Gasteiger partial charge in [-0.2, -0.15) is 4.31 Å². The fourth-order valence-corrected chi connectivity index (χ4v) is 3.64. The molecule has 0 radical (unpaired) electrons. The van der Waals surface area contributed by atoms with E-state index in [9.17, 15) is 18.5 Å². The Morgan fingerprint density at radius 2 is 2.20 bits per heavy atom. The number of nitrogen functional groups attached to an aromatic ring is 1. The lowest BCUT2D eigenvalue weighted by Crippen LogP contribution is -2.44. The van der Waals surface area contributed by atoms with Gasteiger partial charge < -0.3 is 10.5 Å². The minimum atomic E-state index is -3.86. The first-order chi connectivity index (χ1) is 9.32. The van der Waals surface area contributed by atoms with Gasteiger partial charge in [-0.05, 0) is 13.0 Å². The fraction of sp³-hybridized carbons (Fsp3) is 0.455. The molecular formula is C11H15N3O5S. The number of ether oxygens (including phenoxy) is 1. The second kappa shape index (κ2) is 5.35. The minimum absolute atomic E-state index is 0.00487. The van der Waals surface area contributed by atoms with E-state index in [-0.39, 0.29) is 42.1 Å². The first kappa shape index (κ1) is 14.7. The first-order valence-corrected chi connectivity index (χ1v) is 7.42. The van der Waals surface area contributed by atoms with E-state index in [2.05, 4.69) is 0 Å². The number of morpholine rings is 1. The predicted molar refractivity (Wildman–Crippen MR) is 71.7 cm³/mol. The Balaban J connectivity index is 2.43. The Morgan fingerprint density at radius 1 is 1.50 bits per heavy atom. The van der Waals surface area contributed by atoms with Crippen molar-refractivity contribution in [3.63, 3.8) is 0 Å². The van der Waals surface area contributed by atoms with Crippen LogP contribution in [0.25, 0.3) is 0 Å². The van der Waals surface area contributed by atoms with E-state index in [1.54, 1.807) is 6.92 Å². The van der Waals surface area contributed by atoms with Gasteiger partial charge >= 0.3 is 0 Å². The van der Waals surface area contributed by atoms with Gasteiger partial charge in [0.1, 0.15) is 4.90 Å². The van der Waals surface area contributed by atoms with Crippen molar-refractivity contribution in [2.45, 2.75) is 17.9 Å². The standard InChI is InChI=1S/C11H15N3O5S/c1-8-7-13(4-5-19-8)20(17,18)11-6-9(14(15)16)2-3-10(11)12/h2-3,6,8H,4-5,7,12H2,1H3. The zero-order valence-electron chi connectivity index (χ0n) is 10.9. The van der Waals surface area contributed by atoms with Gasteiger partial charge in [0.05, 0.1) is 23.3 Å². The number of anilines is 1. The molecule has 1 aliphatic rings. The van der Waals surface area contributed by atoms with Crippen LogP contribution in [0.5, 0.6) is 0 Å². The van der Waals surface area contributed by atoms with Gasteiger partial charge in [0.2, 0.25) is 10.0 Å². The number of non-ortho nitro benzene ring substituents is 1. The van der Waals surface area contributed by atoms with Gasteiger partial charge in [0.25, 0.3) is 5.69 Å². The Bertz CT molecular complexity index is 631. The molecule has 1 fully saturated rings. The number of hydrogen-bond acceptors (Lipinski definition) is 6. The molecule has 0 saturated carbocycles. The van der Waals surface area contributed by atoms with Crippen LogP contribution >= 0.6 is 0 Å². The number of nitrogens with two attached hydrogens (primary N) is 1. The molecular weight excluding hydrogens is 286 g/mol. The number of sulfonamides is 1. The quantitative estimate of drug-likeness (QED) is 0.496. The molecule has 1 aliphatic heterocycles. The third-order valence-corrected chi connectivity index (χ3v) is 4.95. The second-order valence-corrected chi connectivity index (χ2v) is 6.43. The van der Waals surface area contributed by atoms with Gasteiger partial charge in [-0.3, -0.25) is 10.1 Å². The molecule has 110 valence electrons. The van der Waals surface area contributed by atoms with E-state index >= 15 is 0 Å². The smallest absolute Gasteiger partial charge is 0.270 e. The van der Waals surface area contributed by atoms with Crippen molar-refractivity contribution in [2.24, 2.45) is 0 Å². The van der Waals surface area contributed by atoms with Crippen LogP contribution < -0.4 is 5.73 Å². The zero-order chi connectivity index (χ0) is 14.9. The fourth-order valence-electron chi connectivity index (χ4n) is 2.00. The van der Waals surface area contributed by atoms with Gasteiger partial charge in [-0.1, -0.05) is 0 Å². The number of nitrogens with zero attached hydrogens (tertiary/aromatic N) is 2. The molecule has 1 saturated heterocycles. The van der Waals surface area contributed by atoms with Gasteiger partial charge in [-0.25, -0.2) is 8.42 Å². The minimum Gasteiger partial charge on any atom is -0.398 e. The van der Waals surface area contributed by atoms with Crippen LogP contribution in [-0.2, 0) is 14.8 Å². The highest BCUT2D eigenvalue weighted by Crippen LogP contribution is 2.27.